The lowest BCUT2D eigenvalue weighted by molar-refractivity contribution is 0.0390. The molecule has 6 heteroatoms. The van der Waals surface area contributed by atoms with Gasteiger partial charge in [-0.1, -0.05) is 12.1 Å². The van der Waals surface area contributed by atoms with Crippen molar-refractivity contribution in [1.82, 2.24) is 14.7 Å². The van der Waals surface area contributed by atoms with Crippen LogP contribution in [0.2, 0.25) is 0 Å². The van der Waals surface area contributed by atoms with Gasteiger partial charge in [-0.15, -0.1) is 0 Å². The van der Waals surface area contributed by atoms with Crippen molar-refractivity contribution in [2.75, 3.05) is 19.7 Å². The van der Waals surface area contributed by atoms with Crippen molar-refractivity contribution in [2.24, 2.45) is 0 Å². The minimum atomic E-state index is -0.795. The number of hydrogen-bond acceptors (Lipinski definition) is 3. The first-order valence-electron chi connectivity index (χ1n) is 7.46. The van der Waals surface area contributed by atoms with Crippen LogP contribution in [0.15, 0.2) is 36.7 Å². The Kier molecular flexibility index (Phi) is 4.80. The van der Waals surface area contributed by atoms with Crippen molar-refractivity contribution in [3.8, 4) is 0 Å². The monoisotopic (exact) mass is 307 g/mol. The number of hydrogen-bond donors (Lipinski definition) is 0. The number of nitrogens with zero attached hydrogens (tertiary/aromatic N) is 3. The highest BCUT2D eigenvalue weighted by Crippen LogP contribution is 2.16. The van der Waals surface area contributed by atoms with Crippen LogP contribution in [0.5, 0.6) is 0 Å². The summed E-state index contributed by atoms with van der Waals surface area (Å²) in [6.45, 7) is 3.22. The number of halogens is 2. The Morgan fingerprint density at radius 3 is 3.00 bits per heavy atom. The molecule has 0 unspecified atom stereocenters. The third-order valence-corrected chi connectivity index (χ3v) is 3.81. The topological polar surface area (TPSA) is 30.3 Å². The molecule has 1 aromatic carbocycles. The van der Waals surface area contributed by atoms with Crippen LogP contribution in [-0.4, -0.2) is 40.5 Å². The van der Waals surface area contributed by atoms with Crippen molar-refractivity contribution in [3.63, 3.8) is 0 Å². The van der Waals surface area contributed by atoms with E-state index in [9.17, 15) is 8.78 Å². The summed E-state index contributed by atoms with van der Waals surface area (Å²) in [6, 6.07) is 6.19. The van der Waals surface area contributed by atoms with E-state index in [1.54, 1.807) is 18.3 Å². The Morgan fingerprint density at radius 1 is 1.27 bits per heavy atom. The molecule has 0 aliphatic carbocycles. The molecule has 3 rings (SSSR count). The number of rotatable bonds is 4. The van der Waals surface area contributed by atoms with E-state index < -0.39 is 11.6 Å². The Labute approximate surface area is 128 Å². The van der Waals surface area contributed by atoms with Crippen LogP contribution in [0.4, 0.5) is 8.78 Å². The van der Waals surface area contributed by atoms with E-state index in [1.165, 1.54) is 0 Å². The maximum atomic E-state index is 13.8. The molecular weight excluding hydrogens is 288 g/mol. The second kappa shape index (κ2) is 6.98. The van der Waals surface area contributed by atoms with Gasteiger partial charge in [0.05, 0.1) is 12.6 Å². The van der Waals surface area contributed by atoms with E-state index >= 15 is 0 Å². The summed E-state index contributed by atoms with van der Waals surface area (Å²) in [5, 5.41) is 4.18. The van der Waals surface area contributed by atoms with Gasteiger partial charge in [-0.2, -0.15) is 5.10 Å². The van der Waals surface area contributed by atoms with Gasteiger partial charge in [0.15, 0.2) is 11.6 Å². The quantitative estimate of drug-likeness (QED) is 0.869. The van der Waals surface area contributed by atoms with Gasteiger partial charge in [0.1, 0.15) is 0 Å². The lowest BCUT2D eigenvalue weighted by Gasteiger charge is -2.24. The van der Waals surface area contributed by atoms with Crippen LogP contribution >= 0.6 is 0 Å². The minimum absolute atomic E-state index is 0.000907. The molecule has 2 aromatic rings. The van der Waals surface area contributed by atoms with Gasteiger partial charge < -0.3 is 4.74 Å². The summed E-state index contributed by atoms with van der Waals surface area (Å²) in [7, 11) is 0. The van der Waals surface area contributed by atoms with Crippen LogP contribution in [-0.2, 0) is 17.8 Å². The summed E-state index contributed by atoms with van der Waals surface area (Å²) in [5.41, 5.74) is 0.389. The van der Waals surface area contributed by atoms with E-state index in [1.807, 2.05) is 16.9 Å². The third-order valence-electron chi connectivity index (χ3n) is 3.81. The molecular formula is C16H19F2N3O. The molecule has 0 spiro atoms. The molecule has 2 heterocycles. The molecule has 0 N–H and O–H groups in total. The summed E-state index contributed by atoms with van der Waals surface area (Å²) in [5.74, 6) is -1.55. The molecule has 0 saturated carbocycles. The molecule has 118 valence electrons. The van der Waals surface area contributed by atoms with Gasteiger partial charge in [0.25, 0.3) is 0 Å². The fraction of sp³-hybridized carbons (Fsp3) is 0.438. The number of benzene rings is 1. The summed E-state index contributed by atoms with van der Waals surface area (Å²) in [4.78, 5) is 2.11. The molecule has 1 fully saturated rings. The van der Waals surface area contributed by atoms with E-state index in [0.29, 0.717) is 31.8 Å². The zero-order chi connectivity index (χ0) is 15.4. The first kappa shape index (κ1) is 15.1. The number of ether oxygens (including phenoxy) is 1. The average molecular weight is 307 g/mol. The highest BCUT2D eigenvalue weighted by Gasteiger charge is 2.21. The van der Waals surface area contributed by atoms with Crippen LogP contribution in [0, 0.1) is 11.6 Å². The second-order valence-corrected chi connectivity index (χ2v) is 5.52. The van der Waals surface area contributed by atoms with Crippen molar-refractivity contribution >= 4 is 0 Å². The fourth-order valence-electron chi connectivity index (χ4n) is 2.75. The van der Waals surface area contributed by atoms with Crippen molar-refractivity contribution in [2.45, 2.75) is 25.6 Å². The largest absolute Gasteiger partial charge is 0.375 e. The predicted molar refractivity (Wildman–Crippen MR) is 78.2 cm³/mol. The predicted octanol–water partition coefficient (Wildman–Crippen LogP) is 2.45. The lowest BCUT2D eigenvalue weighted by atomic mass is 10.1. The first-order chi connectivity index (χ1) is 10.7. The zero-order valence-corrected chi connectivity index (χ0v) is 12.3. The maximum Gasteiger partial charge on any atom is 0.163 e. The highest BCUT2D eigenvalue weighted by molar-refractivity contribution is 5.18. The normalized spacial score (nSPS) is 20.0. The van der Waals surface area contributed by atoms with Crippen LogP contribution in [0.25, 0.3) is 0 Å². The van der Waals surface area contributed by atoms with Gasteiger partial charge in [-0.25, -0.2) is 8.78 Å². The molecule has 0 bridgehead atoms. The van der Waals surface area contributed by atoms with Gasteiger partial charge in [0.2, 0.25) is 0 Å². The molecule has 1 aromatic heterocycles. The third kappa shape index (κ3) is 3.69. The summed E-state index contributed by atoms with van der Waals surface area (Å²) in [6.07, 6.45) is 4.51. The second-order valence-electron chi connectivity index (χ2n) is 5.52. The summed E-state index contributed by atoms with van der Waals surface area (Å²) >= 11 is 0. The van der Waals surface area contributed by atoms with E-state index in [4.69, 9.17) is 4.74 Å². The number of aromatic nitrogens is 2. The van der Waals surface area contributed by atoms with E-state index in [0.717, 1.165) is 19.0 Å². The van der Waals surface area contributed by atoms with Crippen molar-refractivity contribution in [1.29, 1.82) is 0 Å². The molecule has 1 aliphatic rings. The zero-order valence-electron chi connectivity index (χ0n) is 12.3. The van der Waals surface area contributed by atoms with E-state index in [2.05, 4.69) is 10.00 Å². The van der Waals surface area contributed by atoms with E-state index in [-0.39, 0.29) is 6.10 Å². The smallest absolute Gasteiger partial charge is 0.163 e. The Bertz CT molecular complexity index is 603. The van der Waals surface area contributed by atoms with Crippen molar-refractivity contribution < 1.29 is 13.5 Å². The molecule has 22 heavy (non-hydrogen) atoms. The Morgan fingerprint density at radius 2 is 2.18 bits per heavy atom. The first-order valence-corrected chi connectivity index (χ1v) is 7.46. The molecule has 1 saturated heterocycles. The van der Waals surface area contributed by atoms with Crippen molar-refractivity contribution in [3.05, 3.63) is 53.9 Å². The molecule has 0 radical (unpaired) electrons. The minimum Gasteiger partial charge on any atom is -0.375 e. The van der Waals surface area contributed by atoms with Gasteiger partial charge in [0, 0.05) is 44.2 Å². The van der Waals surface area contributed by atoms with Gasteiger partial charge in [-0.05, 0) is 18.6 Å². The molecule has 1 atom stereocenters. The molecule has 0 amide bonds. The standard InChI is InChI=1S/C16H19F2N3O/c17-15-5-1-4-13(16(15)18)10-20-7-3-9-22-14(11-20)12-21-8-2-6-19-21/h1-2,4-6,8,14H,3,7,9-12H2/t14-/m1/s1. The van der Waals surface area contributed by atoms with Crippen LogP contribution in [0.3, 0.4) is 0 Å². The lowest BCUT2D eigenvalue weighted by Crippen LogP contribution is -2.34. The van der Waals surface area contributed by atoms with Crippen LogP contribution < -0.4 is 0 Å². The fourth-order valence-corrected chi connectivity index (χ4v) is 2.75. The summed E-state index contributed by atoms with van der Waals surface area (Å²) < 4.78 is 34.8. The van der Waals surface area contributed by atoms with Gasteiger partial charge in [-0.3, -0.25) is 9.58 Å². The average Bonchev–Trinajstić information content (AvgIpc) is 2.91. The van der Waals surface area contributed by atoms with Crippen LogP contribution in [0.1, 0.15) is 12.0 Å². The highest BCUT2D eigenvalue weighted by atomic mass is 19.2. The maximum absolute atomic E-state index is 13.8. The van der Waals surface area contributed by atoms with Gasteiger partial charge >= 0.3 is 0 Å². The molecule has 4 nitrogen and oxygen atoms in total. The molecule has 1 aliphatic heterocycles. The Balaban J connectivity index is 1.66. The SMILES string of the molecule is Fc1cccc(CN2CCCO[C@@H](Cn3cccn3)C2)c1F. The Hall–Kier alpha value is -1.79.